The molecule has 2 aromatic carbocycles. The van der Waals surface area contributed by atoms with Gasteiger partial charge in [0.25, 0.3) is 26.0 Å². The van der Waals surface area contributed by atoms with E-state index >= 15 is 0 Å². The molecule has 2 heterocycles. The smallest absolute Gasteiger partial charge is 0.261 e. The number of rotatable bonds is 9. The number of aliphatic hydroxyl groups is 1. The lowest BCUT2D eigenvalue weighted by atomic mass is 10.0. The number of likely N-dealkylation sites (N-methyl/N-ethyl adjacent to an activating group) is 1. The number of sulfonamides is 2. The monoisotopic (exact) mass is 691 g/mol. The maximum Gasteiger partial charge on any atom is 0.261 e. The zero-order valence-electron chi connectivity index (χ0n) is 27.4. The van der Waals surface area contributed by atoms with Gasteiger partial charge < -0.3 is 24.0 Å². The molecule has 0 fully saturated rings. The molecule has 1 aliphatic heterocycles. The molecule has 0 saturated heterocycles. The predicted octanol–water partition coefficient (Wildman–Crippen LogP) is 3.34. The normalized spacial score (nSPS) is 21.0. The molecule has 4 atom stereocenters. The molecular weight excluding hydrogens is 647 g/mol. The van der Waals surface area contributed by atoms with Crippen LogP contribution in [-0.2, 0) is 31.8 Å². The van der Waals surface area contributed by atoms with E-state index in [9.17, 15) is 26.7 Å². The van der Waals surface area contributed by atoms with E-state index < -0.39 is 38.1 Å². The zero-order valence-corrected chi connectivity index (χ0v) is 29.1. The number of hydrogen-bond donors (Lipinski definition) is 2. The minimum absolute atomic E-state index is 0.0110. The molecule has 15 heteroatoms. The number of aromatic nitrogens is 2. The third-order valence-corrected chi connectivity index (χ3v) is 11.3. The Morgan fingerprint density at radius 1 is 1.11 bits per heavy atom. The number of aryl methyl sites for hydroxylation is 1. The number of nitrogens with one attached hydrogen (secondary N) is 1. The molecule has 3 aromatic rings. The van der Waals surface area contributed by atoms with Crippen molar-refractivity contribution in [3.8, 4) is 5.75 Å². The first-order valence-corrected chi connectivity index (χ1v) is 18.5. The topological polar surface area (TPSA) is 160 Å². The molecule has 1 aliphatic rings. The minimum atomic E-state index is -3.94. The highest BCUT2D eigenvalue weighted by Crippen LogP contribution is 2.30. The van der Waals surface area contributed by atoms with E-state index in [1.165, 1.54) is 47.0 Å². The van der Waals surface area contributed by atoms with Gasteiger partial charge in [0.15, 0.2) is 5.03 Å². The SMILES string of the molecule is C[C@@H]1CN([C@H](C)CO)C(=O)c2cc(NS(=O)(=O)c3ccccc3)ccc2O[C@@H](C)CCCCO[C@@H]1CN(C)S(=O)(=O)c1cn(C)cn1. The molecular formula is C32H45N5O8S2. The summed E-state index contributed by atoms with van der Waals surface area (Å²) < 4.78 is 70.6. The molecule has 0 spiro atoms. The van der Waals surface area contributed by atoms with Gasteiger partial charge in [0.1, 0.15) is 5.75 Å². The number of carbonyl (C=O) groups is 1. The number of benzene rings is 2. The van der Waals surface area contributed by atoms with Crippen molar-refractivity contribution in [2.24, 2.45) is 13.0 Å². The second kappa shape index (κ2) is 15.6. The molecule has 4 rings (SSSR count). The lowest BCUT2D eigenvalue weighted by molar-refractivity contribution is -0.00835. The fourth-order valence-corrected chi connectivity index (χ4v) is 7.51. The summed E-state index contributed by atoms with van der Waals surface area (Å²) >= 11 is 0. The predicted molar refractivity (Wildman–Crippen MR) is 177 cm³/mol. The molecule has 0 bridgehead atoms. The van der Waals surface area contributed by atoms with Gasteiger partial charge in [-0.1, -0.05) is 25.1 Å². The summed E-state index contributed by atoms with van der Waals surface area (Å²) in [6, 6.07) is 11.8. The lowest BCUT2D eigenvalue weighted by Gasteiger charge is -2.35. The molecule has 1 aromatic heterocycles. The first-order valence-electron chi connectivity index (χ1n) is 15.6. The second-order valence-corrected chi connectivity index (χ2v) is 15.8. The Kier molecular flexibility index (Phi) is 12.1. The second-order valence-electron chi connectivity index (χ2n) is 12.1. The number of anilines is 1. The van der Waals surface area contributed by atoms with Crippen molar-refractivity contribution < 1.29 is 36.2 Å². The Balaban J connectivity index is 1.68. The van der Waals surface area contributed by atoms with Crippen LogP contribution in [0.4, 0.5) is 5.69 Å². The van der Waals surface area contributed by atoms with E-state index in [0.29, 0.717) is 25.2 Å². The molecule has 0 radical (unpaired) electrons. The van der Waals surface area contributed by atoms with Crippen LogP contribution in [0.1, 0.15) is 50.4 Å². The molecule has 1 amide bonds. The summed E-state index contributed by atoms with van der Waals surface area (Å²) in [5.41, 5.74) is 0.299. The summed E-state index contributed by atoms with van der Waals surface area (Å²) in [5, 5.41) is 10.1. The summed E-state index contributed by atoms with van der Waals surface area (Å²) in [6.45, 7) is 5.62. The van der Waals surface area contributed by atoms with Crippen molar-refractivity contribution in [1.29, 1.82) is 0 Å². The van der Waals surface area contributed by atoms with Crippen LogP contribution in [0, 0.1) is 5.92 Å². The zero-order chi connectivity index (χ0) is 34.4. The molecule has 0 aliphatic carbocycles. The summed E-state index contributed by atoms with van der Waals surface area (Å²) in [4.78, 5) is 19.9. The fraction of sp³-hybridized carbons (Fsp3) is 0.500. The van der Waals surface area contributed by atoms with Crippen LogP contribution in [0.2, 0.25) is 0 Å². The quantitative estimate of drug-likeness (QED) is 0.343. The number of imidazole rings is 1. The summed E-state index contributed by atoms with van der Waals surface area (Å²) in [5.74, 6) is -0.564. The number of nitrogens with zero attached hydrogens (tertiary/aromatic N) is 4. The van der Waals surface area contributed by atoms with E-state index in [2.05, 4.69) is 9.71 Å². The lowest BCUT2D eigenvalue weighted by Crippen LogP contribution is -2.48. The van der Waals surface area contributed by atoms with Crippen molar-refractivity contribution in [1.82, 2.24) is 18.8 Å². The highest BCUT2D eigenvalue weighted by atomic mass is 32.2. The van der Waals surface area contributed by atoms with Gasteiger partial charge in [-0.05, 0) is 63.4 Å². The Labute approximate surface area is 277 Å². The first kappa shape index (κ1) is 36.3. The van der Waals surface area contributed by atoms with Crippen LogP contribution in [-0.4, -0.2) is 98.2 Å². The molecule has 258 valence electrons. The average Bonchev–Trinajstić information content (AvgIpc) is 3.49. The highest BCUT2D eigenvalue weighted by molar-refractivity contribution is 7.92. The van der Waals surface area contributed by atoms with Crippen LogP contribution in [0.5, 0.6) is 5.75 Å². The van der Waals surface area contributed by atoms with Crippen LogP contribution >= 0.6 is 0 Å². The number of ether oxygens (including phenoxy) is 2. The third kappa shape index (κ3) is 9.11. The first-order chi connectivity index (χ1) is 22.2. The van der Waals surface area contributed by atoms with E-state index in [1.807, 2.05) is 13.8 Å². The fourth-order valence-electron chi connectivity index (χ4n) is 5.30. The van der Waals surface area contributed by atoms with E-state index in [0.717, 1.165) is 6.42 Å². The van der Waals surface area contributed by atoms with Gasteiger partial charge in [-0.2, -0.15) is 4.31 Å². The van der Waals surface area contributed by atoms with Gasteiger partial charge in [-0.15, -0.1) is 0 Å². The van der Waals surface area contributed by atoms with Gasteiger partial charge in [0.05, 0.1) is 41.6 Å². The van der Waals surface area contributed by atoms with E-state index in [-0.39, 0.29) is 52.9 Å². The standard InChI is InChI=1S/C32H45N5O8S2/c1-23-18-37(24(2)21-38)32(39)28-17-26(34-46(40,41)27-12-7-6-8-13-27)14-15-29(28)45-25(3)11-9-10-16-44-30(23)19-36(5)47(42,43)31-20-35(4)22-33-31/h6-8,12-15,17,20,22-25,30,34,38H,9-11,16,18-19,21H2,1-5H3/t23-,24-,25+,30-/m1/s1. The molecule has 47 heavy (non-hydrogen) atoms. The van der Waals surface area contributed by atoms with E-state index in [1.54, 1.807) is 48.9 Å². The van der Waals surface area contributed by atoms with Gasteiger partial charge in [0, 0.05) is 51.6 Å². The number of carbonyl (C=O) groups excluding carboxylic acids is 1. The number of hydrogen-bond acceptors (Lipinski definition) is 9. The largest absolute Gasteiger partial charge is 0.490 e. The number of amides is 1. The Morgan fingerprint density at radius 3 is 2.49 bits per heavy atom. The van der Waals surface area contributed by atoms with Gasteiger partial charge in [0.2, 0.25) is 0 Å². The van der Waals surface area contributed by atoms with Crippen molar-refractivity contribution in [2.45, 2.75) is 68.2 Å². The molecule has 13 nitrogen and oxygen atoms in total. The van der Waals surface area contributed by atoms with Crippen LogP contribution in [0.15, 0.2) is 71.0 Å². The number of aliphatic hydroxyl groups excluding tert-OH is 1. The van der Waals surface area contributed by atoms with Crippen LogP contribution < -0.4 is 9.46 Å². The molecule has 0 unspecified atom stereocenters. The molecule has 2 N–H and O–H groups in total. The maximum absolute atomic E-state index is 14.3. The van der Waals surface area contributed by atoms with Gasteiger partial charge in [-0.3, -0.25) is 9.52 Å². The van der Waals surface area contributed by atoms with Gasteiger partial charge in [-0.25, -0.2) is 21.8 Å². The van der Waals surface area contributed by atoms with Crippen LogP contribution in [0.3, 0.4) is 0 Å². The summed E-state index contributed by atoms with van der Waals surface area (Å²) in [7, 11) is -4.69. The maximum atomic E-state index is 14.3. The van der Waals surface area contributed by atoms with Crippen molar-refractivity contribution in [3.63, 3.8) is 0 Å². The van der Waals surface area contributed by atoms with Crippen molar-refractivity contribution in [3.05, 3.63) is 66.6 Å². The van der Waals surface area contributed by atoms with Crippen LogP contribution in [0.25, 0.3) is 0 Å². The van der Waals surface area contributed by atoms with Crippen molar-refractivity contribution >= 4 is 31.6 Å². The molecule has 0 saturated carbocycles. The third-order valence-electron chi connectivity index (χ3n) is 8.15. The Hall–Kier alpha value is -3.50. The Morgan fingerprint density at radius 2 is 1.83 bits per heavy atom. The summed E-state index contributed by atoms with van der Waals surface area (Å²) in [6.07, 6.45) is 4.10. The minimum Gasteiger partial charge on any atom is -0.490 e. The van der Waals surface area contributed by atoms with Crippen molar-refractivity contribution in [2.75, 3.05) is 38.1 Å². The average molecular weight is 692 g/mol. The number of fused-ring (bicyclic) bond motifs is 1. The van der Waals surface area contributed by atoms with Gasteiger partial charge >= 0.3 is 0 Å². The Bertz CT molecular complexity index is 1720. The van der Waals surface area contributed by atoms with E-state index in [4.69, 9.17) is 9.47 Å². The highest BCUT2D eigenvalue weighted by Gasteiger charge is 2.33.